The Morgan fingerprint density at radius 1 is 1.07 bits per heavy atom. The molecule has 2 aliphatic rings. The summed E-state index contributed by atoms with van der Waals surface area (Å²) >= 11 is 0. The number of benzene rings is 1. The highest BCUT2D eigenvalue weighted by atomic mass is 16.2. The topological polar surface area (TPSA) is 48.5 Å². The Hall–Kier alpha value is -2.40. The number of carbonyl (C=O) groups excluding carboxylic acids is 1. The molecule has 2 amide bonds. The Morgan fingerprint density at radius 2 is 1.78 bits per heavy atom. The molecule has 1 saturated carbocycles. The number of pyridine rings is 1. The van der Waals surface area contributed by atoms with E-state index in [2.05, 4.69) is 59.6 Å². The molecule has 1 aromatic heterocycles. The van der Waals surface area contributed by atoms with Crippen LogP contribution in [0.2, 0.25) is 0 Å². The minimum absolute atomic E-state index is 0.0152. The van der Waals surface area contributed by atoms with Crippen LogP contribution in [0.5, 0.6) is 0 Å². The van der Waals surface area contributed by atoms with Crippen molar-refractivity contribution in [2.24, 2.45) is 0 Å². The van der Waals surface area contributed by atoms with Crippen molar-refractivity contribution in [2.45, 2.75) is 43.7 Å². The lowest BCUT2D eigenvalue weighted by Crippen LogP contribution is -2.54. The van der Waals surface area contributed by atoms with Gasteiger partial charge in [0.25, 0.3) is 0 Å². The lowest BCUT2D eigenvalue weighted by Gasteiger charge is -2.48. The average molecular weight is 364 g/mol. The van der Waals surface area contributed by atoms with Gasteiger partial charge in [-0.2, -0.15) is 0 Å². The number of amides is 2. The molecule has 0 unspecified atom stereocenters. The SMILES string of the molecule is Cc1cnccc1N1CC2(CCC(c3ccccc3)(N(C)C)CC2)NC1=O. The molecule has 1 aliphatic carbocycles. The maximum Gasteiger partial charge on any atom is 0.322 e. The van der Waals surface area contributed by atoms with Gasteiger partial charge in [0.15, 0.2) is 0 Å². The molecule has 2 heterocycles. The fourth-order valence-electron chi connectivity index (χ4n) is 4.84. The lowest BCUT2D eigenvalue weighted by molar-refractivity contribution is 0.0658. The molecule has 1 saturated heterocycles. The number of carbonyl (C=O) groups is 1. The van der Waals surface area contributed by atoms with Crippen LogP contribution in [0.25, 0.3) is 0 Å². The van der Waals surface area contributed by atoms with Crippen molar-refractivity contribution in [3.05, 3.63) is 59.9 Å². The first-order chi connectivity index (χ1) is 13.0. The van der Waals surface area contributed by atoms with Gasteiger partial charge in [-0.15, -0.1) is 0 Å². The summed E-state index contributed by atoms with van der Waals surface area (Å²) in [5.41, 5.74) is 3.27. The molecule has 0 radical (unpaired) electrons. The smallest absolute Gasteiger partial charge is 0.322 e. The molecule has 1 N–H and O–H groups in total. The van der Waals surface area contributed by atoms with Crippen LogP contribution in [0.3, 0.4) is 0 Å². The van der Waals surface area contributed by atoms with Crippen LogP contribution in [0, 0.1) is 6.92 Å². The molecule has 142 valence electrons. The minimum atomic E-state index is -0.138. The zero-order chi connectivity index (χ0) is 19.1. The lowest BCUT2D eigenvalue weighted by atomic mass is 9.69. The van der Waals surface area contributed by atoms with E-state index in [1.807, 2.05) is 24.1 Å². The van der Waals surface area contributed by atoms with Gasteiger partial charge in [0.1, 0.15) is 0 Å². The average Bonchev–Trinajstić information content (AvgIpc) is 2.99. The van der Waals surface area contributed by atoms with Gasteiger partial charge in [-0.1, -0.05) is 30.3 Å². The van der Waals surface area contributed by atoms with Crippen LogP contribution in [-0.4, -0.2) is 42.1 Å². The van der Waals surface area contributed by atoms with Gasteiger partial charge in [-0.25, -0.2) is 4.79 Å². The number of nitrogens with one attached hydrogen (secondary N) is 1. The molecular weight excluding hydrogens is 336 g/mol. The zero-order valence-electron chi connectivity index (χ0n) is 16.4. The molecule has 27 heavy (non-hydrogen) atoms. The number of aryl methyl sites for hydroxylation is 1. The summed E-state index contributed by atoms with van der Waals surface area (Å²) in [6.07, 6.45) is 7.61. The third-order valence-corrected chi connectivity index (χ3v) is 6.56. The first-order valence-electron chi connectivity index (χ1n) is 9.69. The maximum atomic E-state index is 12.7. The highest BCUT2D eigenvalue weighted by Crippen LogP contribution is 2.46. The summed E-state index contributed by atoms with van der Waals surface area (Å²) in [7, 11) is 4.34. The van der Waals surface area contributed by atoms with Crippen LogP contribution in [0.1, 0.15) is 36.8 Å². The van der Waals surface area contributed by atoms with Crippen LogP contribution >= 0.6 is 0 Å². The number of aromatic nitrogens is 1. The van der Waals surface area contributed by atoms with Gasteiger partial charge in [-0.05, 0) is 63.9 Å². The number of hydrogen-bond donors (Lipinski definition) is 1. The van der Waals surface area contributed by atoms with Crippen molar-refractivity contribution in [3.63, 3.8) is 0 Å². The number of urea groups is 1. The van der Waals surface area contributed by atoms with E-state index in [0.29, 0.717) is 0 Å². The van der Waals surface area contributed by atoms with E-state index in [9.17, 15) is 4.79 Å². The first kappa shape index (κ1) is 18.0. The van der Waals surface area contributed by atoms with E-state index in [-0.39, 0.29) is 17.1 Å². The Morgan fingerprint density at radius 3 is 2.41 bits per heavy atom. The molecule has 5 heteroatoms. The summed E-state index contributed by atoms with van der Waals surface area (Å²) in [5.74, 6) is 0. The zero-order valence-corrected chi connectivity index (χ0v) is 16.4. The van der Waals surface area contributed by atoms with Crippen molar-refractivity contribution in [2.75, 3.05) is 25.5 Å². The van der Waals surface area contributed by atoms with Crippen molar-refractivity contribution < 1.29 is 4.79 Å². The molecule has 0 atom stereocenters. The molecule has 0 bridgehead atoms. The third kappa shape index (κ3) is 3.00. The molecule has 2 aromatic rings. The van der Waals surface area contributed by atoms with E-state index in [0.717, 1.165) is 43.5 Å². The van der Waals surface area contributed by atoms with E-state index >= 15 is 0 Å². The van der Waals surface area contributed by atoms with Crippen molar-refractivity contribution in [1.82, 2.24) is 15.2 Å². The highest BCUT2D eigenvalue weighted by molar-refractivity contribution is 5.96. The van der Waals surface area contributed by atoms with E-state index in [4.69, 9.17) is 0 Å². The quantitative estimate of drug-likeness (QED) is 0.904. The number of anilines is 1. The Kier molecular flexibility index (Phi) is 4.42. The predicted molar refractivity (Wildman–Crippen MR) is 108 cm³/mol. The first-order valence-corrected chi connectivity index (χ1v) is 9.69. The summed E-state index contributed by atoms with van der Waals surface area (Å²) in [6.45, 7) is 2.74. The van der Waals surface area contributed by atoms with Crippen molar-refractivity contribution in [1.29, 1.82) is 0 Å². The standard InChI is InChI=1S/C22H28N4O/c1-17-15-23-14-9-19(17)26-16-21(24-20(26)27)10-12-22(13-11-21,25(2)3)18-7-5-4-6-8-18/h4-9,14-15H,10-13,16H2,1-3H3,(H,24,27). The summed E-state index contributed by atoms with van der Waals surface area (Å²) in [4.78, 5) is 21.2. The Bertz CT molecular complexity index is 825. The van der Waals surface area contributed by atoms with Crippen LogP contribution in [0.4, 0.5) is 10.5 Å². The van der Waals surface area contributed by atoms with Gasteiger partial charge >= 0.3 is 6.03 Å². The van der Waals surface area contributed by atoms with E-state index in [1.54, 1.807) is 6.20 Å². The second kappa shape index (κ2) is 6.64. The molecule has 2 fully saturated rings. The number of hydrogen-bond acceptors (Lipinski definition) is 3. The van der Waals surface area contributed by atoms with Crippen LogP contribution < -0.4 is 10.2 Å². The van der Waals surface area contributed by atoms with Crippen molar-refractivity contribution in [3.8, 4) is 0 Å². The Labute approximate surface area is 161 Å². The normalized spacial score (nSPS) is 28.0. The molecule has 1 aromatic carbocycles. The van der Waals surface area contributed by atoms with Crippen molar-refractivity contribution >= 4 is 11.7 Å². The van der Waals surface area contributed by atoms with E-state index < -0.39 is 0 Å². The van der Waals surface area contributed by atoms with Gasteiger partial charge < -0.3 is 5.32 Å². The summed E-state index contributed by atoms with van der Waals surface area (Å²) < 4.78 is 0. The fraction of sp³-hybridized carbons (Fsp3) is 0.455. The highest BCUT2D eigenvalue weighted by Gasteiger charge is 2.50. The maximum absolute atomic E-state index is 12.7. The van der Waals surface area contributed by atoms with Gasteiger partial charge in [0.2, 0.25) is 0 Å². The monoisotopic (exact) mass is 364 g/mol. The molecule has 5 nitrogen and oxygen atoms in total. The summed E-state index contributed by atoms with van der Waals surface area (Å²) in [6, 6.07) is 12.7. The van der Waals surface area contributed by atoms with Crippen LogP contribution in [0.15, 0.2) is 48.8 Å². The second-order valence-corrected chi connectivity index (χ2v) is 8.25. The predicted octanol–water partition coefficient (Wildman–Crippen LogP) is 3.69. The van der Waals surface area contributed by atoms with Gasteiger partial charge in [-0.3, -0.25) is 14.8 Å². The third-order valence-electron chi connectivity index (χ3n) is 6.56. The Balaban J connectivity index is 1.57. The number of nitrogens with zero attached hydrogens (tertiary/aromatic N) is 3. The molecule has 4 rings (SSSR count). The number of rotatable bonds is 3. The summed E-state index contributed by atoms with van der Waals surface area (Å²) in [5, 5.41) is 3.32. The molecule has 1 spiro atoms. The van der Waals surface area contributed by atoms with E-state index in [1.165, 1.54) is 5.56 Å². The second-order valence-electron chi connectivity index (χ2n) is 8.25. The van der Waals surface area contributed by atoms with Gasteiger partial charge in [0, 0.05) is 17.9 Å². The minimum Gasteiger partial charge on any atom is -0.330 e. The largest absolute Gasteiger partial charge is 0.330 e. The van der Waals surface area contributed by atoms with Crippen LogP contribution in [-0.2, 0) is 5.54 Å². The van der Waals surface area contributed by atoms with Gasteiger partial charge in [0.05, 0.1) is 17.8 Å². The molecular formula is C22H28N4O. The molecule has 1 aliphatic heterocycles. The fourth-order valence-corrected chi connectivity index (χ4v) is 4.84.